The molecule has 0 aliphatic heterocycles. The van der Waals surface area contributed by atoms with Crippen LogP contribution < -0.4 is 4.74 Å². The van der Waals surface area contributed by atoms with Gasteiger partial charge in [-0.1, -0.05) is 25.5 Å². The van der Waals surface area contributed by atoms with E-state index in [4.69, 9.17) is 4.74 Å². The number of hydrogen-bond acceptors (Lipinski definition) is 2. The van der Waals surface area contributed by atoms with Crippen molar-refractivity contribution in [2.45, 2.75) is 40.0 Å². The van der Waals surface area contributed by atoms with E-state index in [2.05, 4.69) is 30.7 Å². The van der Waals surface area contributed by atoms with Crippen LogP contribution in [0.15, 0.2) is 30.5 Å². The van der Waals surface area contributed by atoms with Gasteiger partial charge in [0.25, 0.3) is 0 Å². The highest BCUT2D eigenvalue weighted by Gasteiger charge is 2.14. The molecule has 0 aliphatic carbocycles. The maximum Gasteiger partial charge on any atom is 0.238 e. The second-order valence-electron chi connectivity index (χ2n) is 6.19. The molecule has 0 spiro atoms. The lowest BCUT2D eigenvalue weighted by atomic mass is 10.0. The number of aromatic nitrogens is 2. The smallest absolute Gasteiger partial charge is 0.238 e. The Morgan fingerprint density at radius 1 is 1.12 bits per heavy atom. The minimum atomic E-state index is -0.216. The largest absolute Gasteiger partial charge is 0.476 e. The standard InChI is InChI=1S/C20H23FN2O/c1-4-5-16-12-22-20(19-18(16)13(2)14(3)23-19)24-11-10-15-6-8-17(21)9-7-15/h6-9,12,23H,4-5,10-11H2,1-3H3. The van der Waals surface area contributed by atoms with Crippen molar-refractivity contribution in [3.05, 3.63) is 58.7 Å². The Kier molecular flexibility index (Phi) is 4.84. The van der Waals surface area contributed by atoms with E-state index in [1.165, 1.54) is 28.6 Å². The molecule has 3 aromatic rings. The average molecular weight is 326 g/mol. The van der Waals surface area contributed by atoms with Gasteiger partial charge in [0.15, 0.2) is 0 Å². The Morgan fingerprint density at radius 3 is 2.58 bits per heavy atom. The first-order valence-corrected chi connectivity index (χ1v) is 8.44. The van der Waals surface area contributed by atoms with Gasteiger partial charge < -0.3 is 9.72 Å². The molecule has 3 rings (SSSR count). The number of hydrogen-bond donors (Lipinski definition) is 1. The van der Waals surface area contributed by atoms with Crippen LogP contribution in [0.5, 0.6) is 5.88 Å². The first-order chi connectivity index (χ1) is 11.6. The molecule has 0 fully saturated rings. The van der Waals surface area contributed by atoms with Crippen LogP contribution in [0.4, 0.5) is 4.39 Å². The monoisotopic (exact) mass is 326 g/mol. The van der Waals surface area contributed by atoms with Crippen molar-refractivity contribution < 1.29 is 9.13 Å². The third-order valence-electron chi connectivity index (χ3n) is 4.43. The molecule has 4 heteroatoms. The van der Waals surface area contributed by atoms with Gasteiger partial charge in [0.2, 0.25) is 5.88 Å². The number of pyridine rings is 1. The van der Waals surface area contributed by atoms with Crippen LogP contribution in [0.25, 0.3) is 10.9 Å². The fraction of sp³-hybridized carbons (Fsp3) is 0.350. The van der Waals surface area contributed by atoms with Crippen LogP contribution in [0, 0.1) is 19.7 Å². The lowest BCUT2D eigenvalue weighted by Crippen LogP contribution is -2.04. The molecule has 0 saturated carbocycles. The van der Waals surface area contributed by atoms with Crippen molar-refractivity contribution in [2.24, 2.45) is 0 Å². The van der Waals surface area contributed by atoms with Gasteiger partial charge >= 0.3 is 0 Å². The summed E-state index contributed by atoms with van der Waals surface area (Å²) in [6.45, 7) is 6.90. The highest BCUT2D eigenvalue weighted by atomic mass is 19.1. The molecule has 0 amide bonds. The number of ether oxygens (including phenoxy) is 1. The van der Waals surface area contributed by atoms with E-state index in [0.29, 0.717) is 12.5 Å². The number of H-pyrrole nitrogens is 1. The van der Waals surface area contributed by atoms with Gasteiger partial charge in [0.1, 0.15) is 11.3 Å². The lowest BCUT2D eigenvalue weighted by molar-refractivity contribution is 0.313. The third kappa shape index (κ3) is 3.28. The molecule has 0 bridgehead atoms. The first-order valence-electron chi connectivity index (χ1n) is 8.44. The second kappa shape index (κ2) is 7.04. The van der Waals surface area contributed by atoms with Gasteiger partial charge in [0.05, 0.1) is 6.61 Å². The van der Waals surface area contributed by atoms with Gasteiger partial charge in [-0.25, -0.2) is 9.37 Å². The Morgan fingerprint density at radius 2 is 1.88 bits per heavy atom. The number of aromatic amines is 1. The average Bonchev–Trinajstić information content (AvgIpc) is 2.87. The van der Waals surface area contributed by atoms with E-state index in [1.807, 2.05) is 6.20 Å². The normalized spacial score (nSPS) is 11.2. The lowest BCUT2D eigenvalue weighted by Gasteiger charge is -2.09. The molecule has 2 aromatic heterocycles. The predicted octanol–water partition coefficient (Wildman–Crippen LogP) is 4.89. The number of aryl methyl sites for hydroxylation is 3. The molecule has 3 nitrogen and oxygen atoms in total. The van der Waals surface area contributed by atoms with E-state index in [9.17, 15) is 4.39 Å². The van der Waals surface area contributed by atoms with Gasteiger partial charge in [-0.2, -0.15) is 0 Å². The summed E-state index contributed by atoms with van der Waals surface area (Å²) in [6.07, 6.45) is 4.75. The van der Waals surface area contributed by atoms with Crippen LogP contribution in [0.2, 0.25) is 0 Å². The van der Waals surface area contributed by atoms with Gasteiger partial charge in [-0.15, -0.1) is 0 Å². The minimum absolute atomic E-state index is 0.216. The highest BCUT2D eigenvalue weighted by Crippen LogP contribution is 2.31. The fourth-order valence-corrected chi connectivity index (χ4v) is 3.03. The molecular formula is C20H23FN2O. The van der Waals surface area contributed by atoms with E-state index >= 15 is 0 Å². The van der Waals surface area contributed by atoms with Crippen LogP contribution in [-0.4, -0.2) is 16.6 Å². The Bertz CT molecular complexity index is 837. The summed E-state index contributed by atoms with van der Waals surface area (Å²) < 4.78 is 18.9. The molecule has 1 aromatic carbocycles. The summed E-state index contributed by atoms with van der Waals surface area (Å²) in [5.41, 5.74) is 5.71. The van der Waals surface area contributed by atoms with Crippen LogP contribution >= 0.6 is 0 Å². The van der Waals surface area contributed by atoms with Crippen LogP contribution in [0.3, 0.4) is 0 Å². The summed E-state index contributed by atoms with van der Waals surface area (Å²) >= 11 is 0. The molecule has 24 heavy (non-hydrogen) atoms. The molecule has 0 saturated heterocycles. The van der Waals surface area contributed by atoms with E-state index in [1.54, 1.807) is 12.1 Å². The maximum atomic E-state index is 12.9. The summed E-state index contributed by atoms with van der Waals surface area (Å²) in [4.78, 5) is 7.92. The number of halogens is 1. The number of rotatable bonds is 6. The molecule has 1 N–H and O–H groups in total. The maximum absolute atomic E-state index is 12.9. The quantitative estimate of drug-likeness (QED) is 0.700. The van der Waals surface area contributed by atoms with Crippen LogP contribution in [-0.2, 0) is 12.8 Å². The van der Waals surface area contributed by atoms with E-state index in [0.717, 1.165) is 36.0 Å². The Hall–Kier alpha value is -2.36. The van der Waals surface area contributed by atoms with Crippen molar-refractivity contribution in [3.63, 3.8) is 0 Å². The van der Waals surface area contributed by atoms with Crippen molar-refractivity contribution in [2.75, 3.05) is 6.61 Å². The highest BCUT2D eigenvalue weighted by molar-refractivity contribution is 5.90. The second-order valence-corrected chi connectivity index (χ2v) is 6.19. The molecule has 0 atom stereocenters. The first kappa shape index (κ1) is 16.5. The van der Waals surface area contributed by atoms with Gasteiger partial charge in [-0.05, 0) is 49.1 Å². The molecule has 0 unspecified atom stereocenters. The van der Waals surface area contributed by atoms with E-state index in [-0.39, 0.29) is 5.82 Å². The zero-order valence-corrected chi connectivity index (χ0v) is 14.4. The SMILES string of the molecule is CCCc1cnc(OCCc2ccc(F)cc2)c2[nH]c(C)c(C)c12. The third-order valence-corrected chi connectivity index (χ3v) is 4.43. The van der Waals surface area contributed by atoms with Gasteiger partial charge in [0, 0.05) is 23.7 Å². The number of nitrogens with one attached hydrogen (secondary N) is 1. The van der Waals surface area contributed by atoms with Crippen LogP contribution in [0.1, 0.15) is 35.7 Å². The summed E-state index contributed by atoms with van der Waals surface area (Å²) in [7, 11) is 0. The Labute approximate surface area is 141 Å². The topological polar surface area (TPSA) is 37.9 Å². The number of benzene rings is 1. The minimum Gasteiger partial charge on any atom is -0.476 e. The van der Waals surface area contributed by atoms with E-state index < -0.39 is 0 Å². The molecular weight excluding hydrogens is 303 g/mol. The number of fused-ring (bicyclic) bond motifs is 1. The predicted molar refractivity (Wildman–Crippen MR) is 95.2 cm³/mol. The summed E-state index contributed by atoms with van der Waals surface area (Å²) in [5.74, 6) is 0.426. The number of nitrogens with zero attached hydrogens (tertiary/aromatic N) is 1. The van der Waals surface area contributed by atoms with Gasteiger partial charge in [-0.3, -0.25) is 0 Å². The molecule has 0 radical (unpaired) electrons. The van der Waals surface area contributed by atoms with Crippen molar-refractivity contribution in [1.29, 1.82) is 0 Å². The van der Waals surface area contributed by atoms with Crippen molar-refractivity contribution in [1.82, 2.24) is 9.97 Å². The Balaban J connectivity index is 1.80. The van der Waals surface area contributed by atoms with Crippen molar-refractivity contribution in [3.8, 4) is 5.88 Å². The fourth-order valence-electron chi connectivity index (χ4n) is 3.03. The summed E-state index contributed by atoms with van der Waals surface area (Å²) in [6, 6.07) is 6.52. The molecule has 2 heterocycles. The zero-order valence-electron chi connectivity index (χ0n) is 14.4. The summed E-state index contributed by atoms with van der Waals surface area (Å²) in [5, 5.41) is 1.24. The van der Waals surface area contributed by atoms with Crippen molar-refractivity contribution >= 4 is 10.9 Å². The molecule has 126 valence electrons. The molecule has 0 aliphatic rings. The zero-order chi connectivity index (χ0) is 17.1.